The van der Waals surface area contributed by atoms with Gasteiger partial charge < -0.3 is 4.90 Å². The predicted octanol–water partition coefficient (Wildman–Crippen LogP) is 2.47. The summed E-state index contributed by atoms with van der Waals surface area (Å²) in [6.45, 7) is 7.40. The van der Waals surface area contributed by atoms with Gasteiger partial charge in [-0.15, -0.1) is 11.3 Å². The summed E-state index contributed by atoms with van der Waals surface area (Å²) in [6.07, 6.45) is 1.77. The van der Waals surface area contributed by atoms with E-state index >= 15 is 0 Å². The molecule has 1 saturated heterocycles. The summed E-state index contributed by atoms with van der Waals surface area (Å²) in [5.41, 5.74) is 0. The highest BCUT2D eigenvalue weighted by Crippen LogP contribution is 2.23. The van der Waals surface area contributed by atoms with Crippen LogP contribution in [0.1, 0.15) is 29.0 Å². The molecule has 7 heteroatoms. The Kier molecular flexibility index (Phi) is 8.74. The number of thiophene rings is 1. The average molecular weight is 388 g/mol. The molecule has 0 unspecified atom stereocenters. The summed E-state index contributed by atoms with van der Waals surface area (Å²) in [7, 11) is 1.98. The molecule has 6 nitrogen and oxygen atoms in total. The first kappa shape index (κ1) is 21.4. The maximum Gasteiger partial charge on any atom is 0.236 e. The first-order chi connectivity index (χ1) is 13.0. The van der Waals surface area contributed by atoms with Crippen LogP contribution in [0, 0.1) is 35.5 Å². The van der Waals surface area contributed by atoms with Gasteiger partial charge >= 0.3 is 0 Å². The molecule has 1 aliphatic rings. The third-order valence-electron chi connectivity index (χ3n) is 4.86. The number of nitriles is 2. The largest absolute Gasteiger partial charge is 0.340 e. The molecule has 0 bridgehead atoms. The van der Waals surface area contributed by atoms with E-state index < -0.39 is 0 Å². The zero-order valence-corrected chi connectivity index (χ0v) is 17.2. The second-order valence-corrected chi connectivity index (χ2v) is 8.67. The fourth-order valence-corrected chi connectivity index (χ4v) is 4.50. The van der Waals surface area contributed by atoms with Gasteiger partial charge in [0.05, 0.1) is 31.5 Å². The Morgan fingerprint density at radius 3 is 2.59 bits per heavy atom. The zero-order chi connectivity index (χ0) is 19.6. The lowest BCUT2D eigenvalue weighted by Crippen LogP contribution is -2.41. The Bertz CT molecular complexity index is 671. The van der Waals surface area contributed by atoms with E-state index in [-0.39, 0.29) is 5.91 Å². The monoisotopic (exact) mass is 387 g/mol. The number of hydrogen-bond donors (Lipinski definition) is 0. The maximum absolute atomic E-state index is 12.5. The van der Waals surface area contributed by atoms with Gasteiger partial charge in [0, 0.05) is 42.5 Å². The molecule has 1 atom stereocenters. The Morgan fingerprint density at radius 1 is 1.30 bits per heavy atom. The van der Waals surface area contributed by atoms with Crippen molar-refractivity contribution in [2.24, 2.45) is 5.92 Å². The van der Waals surface area contributed by atoms with E-state index in [0.717, 1.165) is 32.6 Å². The number of rotatable bonds is 10. The standard InChI is InChI=1S/C20H29N5OS/c1-17-5-6-19(27-17)15-24-12-7-18(14-24)13-23(2)16-20(26)25(10-3-8-21)11-4-9-22/h5-6,18H,3-4,7,10-16H2,1-2H3/t18-/m1/s1. The van der Waals surface area contributed by atoms with E-state index in [9.17, 15) is 4.79 Å². The summed E-state index contributed by atoms with van der Waals surface area (Å²) in [5, 5.41) is 17.5. The van der Waals surface area contributed by atoms with Gasteiger partial charge in [-0.3, -0.25) is 14.6 Å². The summed E-state index contributed by atoms with van der Waals surface area (Å²) in [6, 6.07) is 8.54. The highest BCUT2D eigenvalue weighted by atomic mass is 32.1. The molecule has 0 saturated carbocycles. The number of carbonyl (C=O) groups excluding carboxylic acids is 1. The summed E-state index contributed by atoms with van der Waals surface area (Å²) in [5.74, 6) is 0.586. The first-order valence-corrected chi connectivity index (χ1v) is 10.3. The normalized spacial score (nSPS) is 17.0. The van der Waals surface area contributed by atoms with Crippen LogP contribution in [0.2, 0.25) is 0 Å². The van der Waals surface area contributed by atoms with Crippen LogP contribution in [0.15, 0.2) is 12.1 Å². The molecule has 0 aliphatic carbocycles. The van der Waals surface area contributed by atoms with Crippen molar-refractivity contribution in [1.29, 1.82) is 10.5 Å². The second-order valence-electron chi connectivity index (χ2n) is 7.30. The van der Waals surface area contributed by atoms with E-state index in [1.807, 2.05) is 18.4 Å². The number of likely N-dealkylation sites (tertiary alicyclic amines) is 1. The fourth-order valence-electron chi connectivity index (χ4n) is 3.56. The first-order valence-electron chi connectivity index (χ1n) is 9.49. The Labute approximate surface area is 166 Å². The van der Waals surface area contributed by atoms with E-state index in [2.05, 4.69) is 41.0 Å². The number of aryl methyl sites for hydroxylation is 1. The van der Waals surface area contributed by atoms with Crippen LogP contribution in [0.25, 0.3) is 0 Å². The van der Waals surface area contributed by atoms with Gasteiger partial charge in [-0.25, -0.2) is 0 Å². The van der Waals surface area contributed by atoms with Crippen molar-refractivity contribution in [2.75, 3.05) is 46.3 Å². The molecule has 0 N–H and O–H groups in total. The lowest BCUT2D eigenvalue weighted by Gasteiger charge is -2.25. The molecule has 146 valence electrons. The molecule has 1 aliphatic heterocycles. The van der Waals surface area contributed by atoms with Gasteiger partial charge in [-0.05, 0) is 45.0 Å². The third-order valence-corrected chi connectivity index (χ3v) is 5.85. The van der Waals surface area contributed by atoms with Crippen LogP contribution in [-0.4, -0.2) is 66.9 Å². The van der Waals surface area contributed by atoms with Gasteiger partial charge in [-0.2, -0.15) is 10.5 Å². The minimum atomic E-state index is 0.00640. The molecular formula is C20H29N5OS. The van der Waals surface area contributed by atoms with Crippen LogP contribution in [0.4, 0.5) is 0 Å². The van der Waals surface area contributed by atoms with E-state index in [0.29, 0.717) is 38.4 Å². The van der Waals surface area contributed by atoms with Gasteiger partial charge in [0.2, 0.25) is 5.91 Å². The zero-order valence-electron chi connectivity index (χ0n) is 16.4. The molecule has 2 rings (SSSR count). The van der Waals surface area contributed by atoms with Crippen molar-refractivity contribution in [2.45, 2.75) is 32.7 Å². The minimum absolute atomic E-state index is 0.00640. The number of carbonyl (C=O) groups is 1. The number of likely N-dealkylation sites (N-methyl/N-ethyl adjacent to an activating group) is 1. The maximum atomic E-state index is 12.5. The molecule has 1 aromatic rings. The summed E-state index contributed by atoms with van der Waals surface area (Å²) >= 11 is 1.87. The van der Waals surface area contributed by atoms with Crippen LogP contribution >= 0.6 is 11.3 Å². The van der Waals surface area contributed by atoms with Crippen molar-refractivity contribution in [3.8, 4) is 12.1 Å². The lowest BCUT2D eigenvalue weighted by molar-refractivity contribution is -0.132. The minimum Gasteiger partial charge on any atom is -0.340 e. The molecule has 0 spiro atoms. The quantitative estimate of drug-likeness (QED) is 0.616. The fraction of sp³-hybridized carbons (Fsp3) is 0.650. The smallest absolute Gasteiger partial charge is 0.236 e. The molecule has 2 heterocycles. The van der Waals surface area contributed by atoms with Crippen LogP contribution in [0.5, 0.6) is 0 Å². The van der Waals surface area contributed by atoms with Crippen molar-refractivity contribution < 1.29 is 4.79 Å². The van der Waals surface area contributed by atoms with Crippen molar-refractivity contribution >= 4 is 17.2 Å². The number of amides is 1. The van der Waals surface area contributed by atoms with Crippen LogP contribution in [0.3, 0.4) is 0 Å². The number of nitrogens with zero attached hydrogens (tertiary/aromatic N) is 5. The second kappa shape index (κ2) is 11.0. The molecule has 1 amide bonds. The molecular weight excluding hydrogens is 358 g/mol. The lowest BCUT2D eigenvalue weighted by atomic mass is 10.1. The van der Waals surface area contributed by atoms with Crippen molar-refractivity contribution in [1.82, 2.24) is 14.7 Å². The van der Waals surface area contributed by atoms with Crippen molar-refractivity contribution in [3.63, 3.8) is 0 Å². The van der Waals surface area contributed by atoms with Gasteiger partial charge in [0.1, 0.15) is 0 Å². The molecule has 0 radical (unpaired) electrons. The highest BCUT2D eigenvalue weighted by molar-refractivity contribution is 7.11. The molecule has 0 aromatic carbocycles. The van der Waals surface area contributed by atoms with Gasteiger partial charge in [-0.1, -0.05) is 0 Å². The third kappa shape index (κ3) is 7.30. The molecule has 1 aromatic heterocycles. The van der Waals surface area contributed by atoms with Crippen molar-refractivity contribution in [3.05, 3.63) is 21.9 Å². The topological polar surface area (TPSA) is 74.4 Å². The van der Waals surface area contributed by atoms with E-state index in [1.54, 1.807) is 4.90 Å². The summed E-state index contributed by atoms with van der Waals surface area (Å²) < 4.78 is 0. The Hall–Kier alpha value is -1.93. The Morgan fingerprint density at radius 2 is 2.00 bits per heavy atom. The van der Waals surface area contributed by atoms with Crippen LogP contribution in [-0.2, 0) is 11.3 Å². The van der Waals surface area contributed by atoms with Crippen LogP contribution < -0.4 is 0 Å². The predicted molar refractivity (Wildman–Crippen MR) is 107 cm³/mol. The Balaban J connectivity index is 1.75. The molecule has 1 fully saturated rings. The SMILES string of the molecule is Cc1ccc(CN2CC[C@H](CN(C)CC(=O)N(CCC#N)CCC#N)C2)s1. The average Bonchev–Trinajstić information content (AvgIpc) is 3.23. The van der Waals surface area contributed by atoms with E-state index in [1.165, 1.54) is 9.75 Å². The van der Waals surface area contributed by atoms with Gasteiger partial charge in [0.25, 0.3) is 0 Å². The highest BCUT2D eigenvalue weighted by Gasteiger charge is 2.25. The summed E-state index contributed by atoms with van der Waals surface area (Å²) in [4.78, 5) is 21.5. The number of hydrogen-bond acceptors (Lipinski definition) is 6. The van der Waals surface area contributed by atoms with E-state index in [4.69, 9.17) is 10.5 Å². The molecule has 27 heavy (non-hydrogen) atoms. The van der Waals surface area contributed by atoms with Gasteiger partial charge in [0.15, 0.2) is 0 Å².